The highest BCUT2D eigenvalue weighted by Crippen LogP contribution is 2.19. The molecule has 1 rings (SSSR count). The SMILES string of the molecule is N[C@@H](C[C@H](Cc1ccc(OC(CO)CF)cc1)C(=O)O)C(=O)O. The number of halogens is 1. The van der Waals surface area contributed by atoms with E-state index < -0.39 is 43.3 Å². The van der Waals surface area contributed by atoms with Gasteiger partial charge in [-0.3, -0.25) is 9.59 Å². The number of aliphatic hydroxyl groups is 1. The van der Waals surface area contributed by atoms with E-state index in [1.54, 1.807) is 12.1 Å². The van der Waals surface area contributed by atoms with E-state index in [0.29, 0.717) is 11.3 Å². The zero-order valence-corrected chi connectivity index (χ0v) is 12.4. The van der Waals surface area contributed by atoms with Crippen LogP contribution in [0, 0.1) is 5.92 Å². The van der Waals surface area contributed by atoms with Gasteiger partial charge in [-0.1, -0.05) is 12.1 Å². The van der Waals surface area contributed by atoms with Crippen LogP contribution < -0.4 is 10.5 Å². The fourth-order valence-corrected chi connectivity index (χ4v) is 1.98. The smallest absolute Gasteiger partial charge is 0.320 e. The molecule has 23 heavy (non-hydrogen) atoms. The number of nitrogens with two attached hydrogens (primary N) is 1. The van der Waals surface area contributed by atoms with Crippen molar-refractivity contribution in [2.45, 2.75) is 25.0 Å². The first-order valence-corrected chi connectivity index (χ1v) is 7.01. The van der Waals surface area contributed by atoms with Crippen LogP contribution in [0.2, 0.25) is 0 Å². The molecule has 5 N–H and O–H groups in total. The lowest BCUT2D eigenvalue weighted by Crippen LogP contribution is -2.35. The van der Waals surface area contributed by atoms with Crippen LogP contribution in [0.25, 0.3) is 0 Å². The lowest BCUT2D eigenvalue weighted by atomic mass is 9.93. The summed E-state index contributed by atoms with van der Waals surface area (Å²) in [4.78, 5) is 21.9. The number of carboxylic acid groups (broad SMARTS) is 2. The van der Waals surface area contributed by atoms with Crippen LogP contribution in [0.3, 0.4) is 0 Å². The Kier molecular flexibility index (Phi) is 7.43. The molecule has 0 radical (unpaired) electrons. The Morgan fingerprint density at radius 2 is 1.78 bits per heavy atom. The summed E-state index contributed by atoms with van der Waals surface area (Å²) in [7, 11) is 0. The molecule has 0 spiro atoms. The molecule has 0 saturated carbocycles. The molecular weight excluding hydrogens is 309 g/mol. The molecule has 0 heterocycles. The summed E-state index contributed by atoms with van der Waals surface area (Å²) >= 11 is 0. The molecule has 7 nitrogen and oxygen atoms in total. The van der Waals surface area contributed by atoms with Crippen molar-refractivity contribution in [3.05, 3.63) is 29.8 Å². The third-order valence-electron chi connectivity index (χ3n) is 3.29. The molecule has 0 aliphatic rings. The highest BCUT2D eigenvalue weighted by Gasteiger charge is 2.24. The molecule has 0 bridgehead atoms. The van der Waals surface area contributed by atoms with Gasteiger partial charge in [0.1, 0.15) is 24.6 Å². The Morgan fingerprint density at radius 1 is 1.17 bits per heavy atom. The van der Waals surface area contributed by atoms with E-state index in [-0.39, 0.29) is 12.8 Å². The van der Waals surface area contributed by atoms with Gasteiger partial charge >= 0.3 is 11.9 Å². The van der Waals surface area contributed by atoms with Gasteiger partial charge in [0.2, 0.25) is 0 Å². The molecule has 0 saturated heterocycles. The van der Waals surface area contributed by atoms with Gasteiger partial charge in [0.25, 0.3) is 0 Å². The number of aliphatic hydroxyl groups excluding tert-OH is 1. The maximum Gasteiger partial charge on any atom is 0.320 e. The summed E-state index contributed by atoms with van der Waals surface area (Å²) in [5, 5.41) is 26.8. The standard InChI is InChI=1S/C15H20FNO6/c16-7-12(8-18)23-11-3-1-9(2-4-11)5-10(14(19)20)6-13(17)15(21)22/h1-4,10,12-13,18H,5-8,17H2,(H,19,20)(H,21,22)/t10-,12?,13-/m0/s1. The lowest BCUT2D eigenvalue weighted by Gasteiger charge is -2.16. The normalized spacial score (nSPS) is 14.7. The number of carbonyl (C=O) groups is 2. The summed E-state index contributed by atoms with van der Waals surface area (Å²) in [5.41, 5.74) is 6.03. The van der Waals surface area contributed by atoms with Crippen molar-refractivity contribution in [3.63, 3.8) is 0 Å². The first kappa shape index (κ1) is 18.9. The fourth-order valence-electron chi connectivity index (χ4n) is 1.98. The Labute approximate surface area is 132 Å². The molecule has 8 heteroatoms. The monoisotopic (exact) mass is 329 g/mol. The van der Waals surface area contributed by atoms with Crippen molar-refractivity contribution in [1.82, 2.24) is 0 Å². The van der Waals surface area contributed by atoms with E-state index in [2.05, 4.69) is 0 Å². The van der Waals surface area contributed by atoms with E-state index in [0.717, 1.165) is 0 Å². The maximum absolute atomic E-state index is 12.5. The van der Waals surface area contributed by atoms with Gasteiger partial charge in [0.15, 0.2) is 0 Å². The molecule has 1 aromatic rings. The predicted octanol–water partition coefficient (Wildman–Crippen LogP) is 0.441. The van der Waals surface area contributed by atoms with Gasteiger partial charge in [0, 0.05) is 0 Å². The zero-order valence-electron chi connectivity index (χ0n) is 12.4. The molecule has 1 aromatic carbocycles. The number of rotatable bonds is 10. The minimum atomic E-state index is -1.25. The van der Waals surface area contributed by atoms with Crippen molar-refractivity contribution < 1.29 is 34.0 Å². The van der Waals surface area contributed by atoms with Crippen molar-refractivity contribution in [2.75, 3.05) is 13.3 Å². The number of ether oxygens (including phenoxy) is 1. The highest BCUT2D eigenvalue weighted by molar-refractivity contribution is 5.76. The zero-order chi connectivity index (χ0) is 17.4. The second-order valence-corrected chi connectivity index (χ2v) is 5.14. The van der Waals surface area contributed by atoms with Gasteiger partial charge < -0.3 is 25.8 Å². The largest absolute Gasteiger partial charge is 0.485 e. The second kappa shape index (κ2) is 9.06. The Hall–Kier alpha value is -2.19. The van der Waals surface area contributed by atoms with Gasteiger partial charge in [-0.2, -0.15) is 0 Å². The quantitative estimate of drug-likeness (QED) is 0.490. The summed E-state index contributed by atoms with van der Waals surface area (Å²) in [6.45, 7) is -1.28. The third-order valence-corrected chi connectivity index (χ3v) is 3.29. The van der Waals surface area contributed by atoms with E-state index in [1.165, 1.54) is 12.1 Å². The summed E-state index contributed by atoms with van der Waals surface area (Å²) in [6, 6.07) is 5.02. The number of aliphatic carboxylic acids is 2. The number of carboxylic acids is 2. The van der Waals surface area contributed by atoms with Gasteiger partial charge in [-0.25, -0.2) is 4.39 Å². The third kappa shape index (κ3) is 6.21. The molecule has 0 aliphatic carbocycles. The molecule has 0 amide bonds. The van der Waals surface area contributed by atoms with E-state index in [1.807, 2.05) is 0 Å². The lowest BCUT2D eigenvalue weighted by molar-refractivity contribution is -0.143. The maximum atomic E-state index is 12.5. The molecular formula is C15H20FNO6. The molecule has 0 aliphatic heterocycles. The van der Waals surface area contributed by atoms with Gasteiger partial charge in [0.05, 0.1) is 12.5 Å². The minimum absolute atomic E-state index is 0.114. The van der Waals surface area contributed by atoms with Crippen molar-refractivity contribution in [1.29, 1.82) is 0 Å². The molecule has 0 fully saturated rings. The summed E-state index contributed by atoms with van der Waals surface area (Å²) in [6.07, 6.45) is -1.01. The predicted molar refractivity (Wildman–Crippen MR) is 79.0 cm³/mol. The Balaban J connectivity index is 2.70. The highest BCUT2D eigenvalue weighted by atomic mass is 19.1. The van der Waals surface area contributed by atoms with Crippen molar-refractivity contribution in [3.8, 4) is 5.75 Å². The summed E-state index contributed by atoms with van der Waals surface area (Å²) in [5.74, 6) is -2.95. The van der Waals surface area contributed by atoms with Crippen LogP contribution >= 0.6 is 0 Å². The van der Waals surface area contributed by atoms with Crippen molar-refractivity contribution in [2.24, 2.45) is 11.7 Å². The van der Waals surface area contributed by atoms with E-state index in [4.69, 9.17) is 25.8 Å². The van der Waals surface area contributed by atoms with Crippen LogP contribution in [0.15, 0.2) is 24.3 Å². The Morgan fingerprint density at radius 3 is 2.22 bits per heavy atom. The van der Waals surface area contributed by atoms with Gasteiger partial charge in [-0.15, -0.1) is 0 Å². The average Bonchev–Trinajstić information content (AvgIpc) is 2.53. The first-order valence-electron chi connectivity index (χ1n) is 7.01. The number of alkyl halides is 1. The van der Waals surface area contributed by atoms with Crippen LogP contribution in [-0.2, 0) is 16.0 Å². The van der Waals surface area contributed by atoms with E-state index in [9.17, 15) is 14.0 Å². The number of hydrogen-bond acceptors (Lipinski definition) is 5. The molecule has 128 valence electrons. The summed E-state index contributed by atoms with van der Waals surface area (Å²) < 4.78 is 17.6. The molecule has 1 unspecified atom stereocenters. The average molecular weight is 329 g/mol. The van der Waals surface area contributed by atoms with Crippen LogP contribution in [0.5, 0.6) is 5.75 Å². The van der Waals surface area contributed by atoms with Crippen LogP contribution in [0.1, 0.15) is 12.0 Å². The number of benzene rings is 1. The fraction of sp³-hybridized carbons (Fsp3) is 0.467. The first-order chi connectivity index (χ1) is 10.9. The topological polar surface area (TPSA) is 130 Å². The second-order valence-electron chi connectivity index (χ2n) is 5.14. The Bertz CT molecular complexity index is 517. The van der Waals surface area contributed by atoms with Crippen LogP contribution in [-0.4, -0.2) is 52.7 Å². The van der Waals surface area contributed by atoms with E-state index >= 15 is 0 Å². The van der Waals surface area contributed by atoms with Crippen LogP contribution in [0.4, 0.5) is 4.39 Å². The number of hydrogen-bond donors (Lipinski definition) is 4. The van der Waals surface area contributed by atoms with Gasteiger partial charge in [-0.05, 0) is 30.5 Å². The molecule has 0 aromatic heterocycles. The minimum Gasteiger partial charge on any atom is -0.485 e. The van der Waals surface area contributed by atoms with Crippen molar-refractivity contribution >= 4 is 11.9 Å². The molecule has 3 atom stereocenters.